The number of para-hydroxylation sites is 1. The number of hydrogen-bond donors (Lipinski definition) is 1. The molecule has 196 valence electrons. The number of anilines is 1. The number of alkyl halides is 3. The molecule has 0 spiro atoms. The zero-order chi connectivity index (χ0) is 27.1. The first-order valence-electron chi connectivity index (χ1n) is 11.6. The summed E-state index contributed by atoms with van der Waals surface area (Å²) in [5.74, 6) is 0.868. The number of ether oxygens (including phenoxy) is 1. The Hall–Kier alpha value is -4.12. The molecule has 1 saturated heterocycles. The van der Waals surface area contributed by atoms with Crippen molar-refractivity contribution in [2.24, 2.45) is 25.9 Å². The molecule has 1 aliphatic rings. The fraction of sp³-hybridized carbons (Fsp3) is 0.185. The van der Waals surface area contributed by atoms with Crippen LogP contribution >= 0.6 is 11.8 Å². The standard InChI is InChI=1S/C27H25F3N6OS/c1-18-4-3-5-19(2)24(18)36-14-15-38-26(36)35-34-16-20-6-8-21(9-7-20)25(31)33-17-32-22-10-12-23(13-11-22)37-27(28,29)30/h3-13,16-17H,14-15H2,1-2H3,(H2,31,32,33)/b34-16+,35-26-. The van der Waals surface area contributed by atoms with E-state index in [1.807, 2.05) is 12.1 Å². The van der Waals surface area contributed by atoms with Gasteiger partial charge in [-0.15, -0.1) is 18.3 Å². The second-order valence-corrected chi connectivity index (χ2v) is 9.35. The molecule has 0 amide bonds. The van der Waals surface area contributed by atoms with E-state index >= 15 is 0 Å². The lowest BCUT2D eigenvalue weighted by atomic mass is 10.1. The van der Waals surface area contributed by atoms with Crippen LogP contribution in [-0.2, 0) is 0 Å². The Morgan fingerprint density at radius 3 is 2.34 bits per heavy atom. The van der Waals surface area contributed by atoms with Gasteiger partial charge in [0, 0.05) is 23.5 Å². The van der Waals surface area contributed by atoms with E-state index in [0.29, 0.717) is 11.3 Å². The van der Waals surface area contributed by atoms with Crippen molar-refractivity contribution in [3.8, 4) is 5.75 Å². The zero-order valence-corrected chi connectivity index (χ0v) is 21.5. The van der Waals surface area contributed by atoms with Crippen LogP contribution in [0.1, 0.15) is 22.3 Å². The average molecular weight is 539 g/mol. The summed E-state index contributed by atoms with van der Waals surface area (Å²) in [6, 6.07) is 18.7. The summed E-state index contributed by atoms with van der Waals surface area (Å²) in [7, 11) is 0. The topological polar surface area (TPSA) is 87.9 Å². The quantitative estimate of drug-likeness (QED) is 0.220. The average Bonchev–Trinajstić information content (AvgIpc) is 3.32. The lowest BCUT2D eigenvalue weighted by molar-refractivity contribution is -0.274. The first kappa shape index (κ1) is 26.9. The first-order valence-corrected chi connectivity index (χ1v) is 12.6. The number of halogens is 3. The monoisotopic (exact) mass is 538 g/mol. The van der Waals surface area contributed by atoms with Gasteiger partial charge in [-0.3, -0.25) is 0 Å². The smallest absolute Gasteiger partial charge is 0.406 e. The zero-order valence-electron chi connectivity index (χ0n) is 20.7. The lowest BCUT2D eigenvalue weighted by Gasteiger charge is -2.21. The van der Waals surface area contributed by atoms with Crippen molar-refractivity contribution in [1.82, 2.24) is 0 Å². The van der Waals surface area contributed by atoms with Crippen LogP contribution in [0.2, 0.25) is 0 Å². The first-order chi connectivity index (χ1) is 18.2. The Balaban J connectivity index is 1.37. The Morgan fingerprint density at radius 2 is 1.68 bits per heavy atom. The highest BCUT2D eigenvalue weighted by atomic mass is 32.2. The van der Waals surface area contributed by atoms with Crippen molar-refractivity contribution in [3.63, 3.8) is 0 Å². The highest BCUT2D eigenvalue weighted by Gasteiger charge is 2.31. The molecule has 0 atom stereocenters. The summed E-state index contributed by atoms with van der Waals surface area (Å²) >= 11 is 1.68. The van der Waals surface area contributed by atoms with Gasteiger partial charge in [-0.25, -0.2) is 9.98 Å². The number of aliphatic imine (C=N–C) groups is 2. The Kier molecular flexibility index (Phi) is 8.47. The fourth-order valence-electron chi connectivity index (χ4n) is 3.77. The third kappa shape index (κ3) is 7.22. The number of nitrogens with zero attached hydrogens (tertiary/aromatic N) is 5. The molecule has 0 unspecified atom stereocenters. The summed E-state index contributed by atoms with van der Waals surface area (Å²) in [6.07, 6.45) is -1.82. The molecular formula is C27H25F3N6OS. The molecule has 2 N–H and O–H groups in total. The number of hydrogen-bond acceptors (Lipinski definition) is 5. The fourth-order valence-corrected chi connectivity index (χ4v) is 4.67. The Labute approximate surface area is 222 Å². The minimum Gasteiger partial charge on any atom is -0.406 e. The summed E-state index contributed by atoms with van der Waals surface area (Å²) in [5, 5.41) is 9.61. The number of nitrogens with two attached hydrogens (primary N) is 1. The summed E-state index contributed by atoms with van der Waals surface area (Å²) in [6.45, 7) is 5.09. The number of thioether (sulfide) groups is 1. The summed E-state index contributed by atoms with van der Waals surface area (Å²) in [4.78, 5) is 10.4. The van der Waals surface area contributed by atoms with E-state index in [-0.39, 0.29) is 11.6 Å². The minimum atomic E-state index is -4.74. The van der Waals surface area contributed by atoms with Gasteiger partial charge in [0.15, 0.2) is 5.17 Å². The molecule has 1 heterocycles. The molecule has 0 aliphatic carbocycles. The third-order valence-corrected chi connectivity index (χ3v) is 6.46. The summed E-state index contributed by atoms with van der Waals surface area (Å²) in [5.41, 5.74) is 11.6. The van der Waals surface area contributed by atoms with Gasteiger partial charge in [0.25, 0.3) is 0 Å². The van der Waals surface area contributed by atoms with Crippen LogP contribution in [0, 0.1) is 13.8 Å². The molecule has 1 fully saturated rings. The van der Waals surface area contributed by atoms with Crippen LogP contribution in [-0.4, -0.2) is 42.2 Å². The molecule has 11 heteroatoms. The maximum Gasteiger partial charge on any atom is 0.573 e. The van der Waals surface area contributed by atoms with Gasteiger partial charge in [-0.1, -0.05) is 54.2 Å². The van der Waals surface area contributed by atoms with Crippen molar-refractivity contribution in [2.45, 2.75) is 20.2 Å². The van der Waals surface area contributed by atoms with Gasteiger partial charge in [0.05, 0.1) is 11.9 Å². The third-order valence-electron chi connectivity index (χ3n) is 5.52. The van der Waals surface area contributed by atoms with Crippen LogP contribution in [0.4, 0.5) is 24.5 Å². The second kappa shape index (κ2) is 12.0. The van der Waals surface area contributed by atoms with Gasteiger partial charge in [-0.2, -0.15) is 5.10 Å². The van der Waals surface area contributed by atoms with Crippen LogP contribution in [0.15, 0.2) is 86.9 Å². The van der Waals surface area contributed by atoms with Crippen molar-refractivity contribution >= 4 is 46.7 Å². The molecule has 7 nitrogen and oxygen atoms in total. The van der Waals surface area contributed by atoms with Crippen molar-refractivity contribution in [1.29, 1.82) is 0 Å². The van der Waals surface area contributed by atoms with Crippen molar-refractivity contribution < 1.29 is 17.9 Å². The van der Waals surface area contributed by atoms with Gasteiger partial charge in [0.1, 0.15) is 17.9 Å². The number of amidine groups is 2. The molecule has 0 aromatic heterocycles. The van der Waals surface area contributed by atoms with Crippen LogP contribution < -0.4 is 15.4 Å². The van der Waals surface area contributed by atoms with Crippen LogP contribution in [0.3, 0.4) is 0 Å². The molecule has 1 aliphatic heterocycles. The summed E-state index contributed by atoms with van der Waals surface area (Å²) < 4.78 is 40.6. The highest BCUT2D eigenvalue weighted by Crippen LogP contribution is 2.31. The van der Waals surface area contributed by atoms with Gasteiger partial charge >= 0.3 is 6.36 Å². The van der Waals surface area contributed by atoms with E-state index in [4.69, 9.17) is 5.73 Å². The highest BCUT2D eigenvalue weighted by molar-refractivity contribution is 8.14. The molecule has 3 aromatic carbocycles. The van der Waals surface area contributed by atoms with E-state index in [9.17, 15) is 13.2 Å². The maximum atomic E-state index is 12.2. The largest absolute Gasteiger partial charge is 0.573 e. The predicted molar refractivity (Wildman–Crippen MR) is 149 cm³/mol. The van der Waals surface area contributed by atoms with Crippen molar-refractivity contribution in [2.75, 3.05) is 17.2 Å². The Bertz CT molecular complexity index is 1360. The molecule has 38 heavy (non-hydrogen) atoms. The van der Waals surface area contributed by atoms with Crippen LogP contribution in [0.25, 0.3) is 0 Å². The molecule has 3 aromatic rings. The number of aryl methyl sites for hydroxylation is 2. The van der Waals surface area contributed by atoms with Gasteiger partial charge in [-0.05, 0) is 54.8 Å². The molecular weight excluding hydrogens is 513 g/mol. The molecule has 0 saturated carbocycles. The maximum absolute atomic E-state index is 12.2. The minimum absolute atomic E-state index is 0.237. The molecule has 0 bridgehead atoms. The van der Waals surface area contributed by atoms with E-state index in [0.717, 1.165) is 23.0 Å². The van der Waals surface area contributed by atoms with Gasteiger partial charge < -0.3 is 15.4 Å². The number of rotatable bonds is 7. The van der Waals surface area contributed by atoms with Gasteiger partial charge in [0.2, 0.25) is 0 Å². The molecule has 4 rings (SSSR count). The normalized spacial score (nSPS) is 15.8. The van der Waals surface area contributed by atoms with E-state index < -0.39 is 6.36 Å². The molecule has 0 radical (unpaired) electrons. The van der Waals surface area contributed by atoms with E-state index in [1.54, 1.807) is 30.1 Å². The van der Waals surface area contributed by atoms with Crippen molar-refractivity contribution in [3.05, 3.63) is 89.0 Å². The van der Waals surface area contributed by atoms with E-state index in [2.05, 4.69) is 61.9 Å². The predicted octanol–water partition coefficient (Wildman–Crippen LogP) is 6.21. The van der Waals surface area contributed by atoms with E-state index in [1.165, 1.54) is 47.4 Å². The Morgan fingerprint density at radius 1 is 1.00 bits per heavy atom. The second-order valence-electron chi connectivity index (χ2n) is 8.29. The lowest BCUT2D eigenvalue weighted by Crippen LogP contribution is -2.25. The van der Waals surface area contributed by atoms with Crippen LogP contribution in [0.5, 0.6) is 5.75 Å². The SMILES string of the molecule is Cc1cccc(C)c1N1CCS/C1=N\N=C\c1ccc(C(N)=NC=Nc2ccc(OC(F)(F)F)cc2)cc1. The number of benzene rings is 3.